The Bertz CT molecular complexity index is 788. The van der Waals surface area contributed by atoms with E-state index < -0.39 is 11.6 Å². The molecule has 0 saturated carbocycles. The molecule has 0 saturated heterocycles. The Morgan fingerprint density at radius 3 is 2.59 bits per heavy atom. The lowest BCUT2D eigenvalue weighted by Gasteiger charge is -2.22. The lowest BCUT2D eigenvalue weighted by Crippen LogP contribution is -2.24. The maximum atomic E-state index is 12.3. The van der Waals surface area contributed by atoms with Gasteiger partial charge in [0, 0.05) is 12.8 Å². The molecule has 5 nitrogen and oxygen atoms in total. The Balaban J connectivity index is 2.01. The number of hydrogen-bond donors (Lipinski definition) is 0. The first-order valence-electron chi connectivity index (χ1n) is 6.93. The summed E-state index contributed by atoms with van der Waals surface area (Å²) < 4.78 is 9.72. The molecule has 1 aliphatic carbocycles. The van der Waals surface area contributed by atoms with Gasteiger partial charge in [0.1, 0.15) is 11.3 Å². The average molecular weight is 298 g/mol. The van der Waals surface area contributed by atoms with Crippen LogP contribution in [-0.2, 0) is 11.2 Å². The largest absolute Gasteiger partial charge is 0.465 e. The van der Waals surface area contributed by atoms with E-state index in [1.54, 1.807) is 0 Å². The van der Waals surface area contributed by atoms with Gasteiger partial charge in [0.2, 0.25) is 0 Å². The summed E-state index contributed by atoms with van der Waals surface area (Å²) in [5.74, 6) is -0.616. The van der Waals surface area contributed by atoms with Crippen molar-refractivity contribution in [3.8, 4) is 0 Å². The fourth-order valence-electron chi connectivity index (χ4n) is 2.74. The van der Waals surface area contributed by atoms with E-state index in [0.717, 1.165) is 5.56 Å². The number of Topliss-reactive ketones (excluding diaryl/α,β-unsaturated/α-hetero) is 1. The van der Waals surface area contributed by atoms with Crippen molar-refractivity contribution in [1.29, 1.82) is 0 Å². The number of carbonyl (C=O) groups excluding carboxylic acids is 2. The van der Waals surface area contributed by atoms with Gasteiger partial charge in [-0.25, -0.2) is 9.59 Å². The van der Waals surface area contributed by atoms with Gasteiger partial charge >= 0.3 is 11.6 Å². The number of hydrogen-bond acceptors (Lipinski definition) is 5. The molecule has 2 aromatic rings. The zero-order valence-corrected chi connectivity index (χ0v) is 12.0. The molecule has 5 heteroatoms. The van der Waals surface area contributed by atoms with Gasteiger partial charge in [-0.1, -0.05) is 30.3 Å². The second-order valence-electron chi connectivity index (χ2n) is 5.21. The van der Waals surface area contributed by atoms with E-state index in [1.165, 1.54) is 13.2 Å². The van der Waals surface area contributed by atoms with Crippen molar-refractivity contribution < 1.29 is 18.7 Å². The number of ether oxygens (including phenoxy) is 1. The maximum absolute atomic E-state index is 12.3. The molecule has 0 fully saturated rings. The van der Waals surface area contributed by atoms with Crippen molar-refractivity contribution in [2.75, 3.05) is 7.11 Å². The molecule has 0 aliphatic heterocycles. The molecule has 1 heterocycles. The molecule has 1 unspecified atom stereocenters. The van der Waals surface area contributed by atoms with Gasteiger partial charge in [0.05, 0.1) is 12.7 Å². The standard InChI is InChI=1S/C17H14O5/c1-21-16(19)13-9-12-14(18)7-11(8-15(12)22-17(13)20)10-5-3-2-4-6-10/h2-6,9,11H,7-8H2,1H3. The van der Waals surface area contributed by atoms with Gasteiger partial charge < -0.3 is 9.15 Å². The van der Waals surface area contributed by atoms with E-state index >= 15 is 0 Å². The quantitative estimate of drug-likeness (QED) is 0.796. The highest BCUT2D eigenvalue weighted by molar-refractivity contribution is 6.00. The maximum Gasteiger partial charge on any atom is 0.350 e. The van der Waals surface area contributed by atoms with Crippen molar-refractivity contribution in [2.45, 2.75) is 18.8 Å². The predicted molar refractivity (Wildman–Crippen MR) is 78.2 cm³/mol. The number of benzene rings is 1. The first kappa shape index (κ1) is 14.3. The molecule has 3 rings (SSSR count). The molecule has 0 bridgehead atoms. The molecule has 1 aliphatic rings. The second kappa shape index (κ2) is 5.60. The Labute approximate surface area is 126 Å². The monoisotopic (exact) mass is 298 g/mol. The van der Waals surface area contributed by atoms with Crippen molar-refractivity contribution in [3.63, 3.8) is 0 Å². The molecule has 1 aromatic carbocycles. The van der Waals surface area contributed by atoms with Crippen molar-refractivity contribution >= 4 is 11.8 Å². The average Bonchev–Trinajstić information content (AvgIpc) is 2.54. The summed E-state index contributed by atoms with van der Waals surface area (Å²) >= 11 is 0. The fourth-order valence-corrected chi connectivity index (χ4v) is 2.74. The fraction of sp³-hybridized carbons (Fsp3) is 0.235. The van der Waals surface area contributed by atoms with Crippen LogP contribution in [0.4, 0.5) is 0 Å². The molecule has 1 atom stereocenters. The second-order valence-corrected chi connectivity index (χ2v) is 5.21. The lowest BCUT2D eigenvalue weighted by molar-refractivity contribution is 0.0595. The van der Waals surface area contributed by atoms with E-state index in [0.29, 0.717) is 24.2 Å². The third kappa shape index (κ3) is 2.45. The summed E-state index contributed by atoms with van der Waals surface area (Å²) in [6, 6.07) is 10.9. The third-order valence-electron chi connectivity index (χ3n) is 3.87. The van der Waals surface area contributed by atoms with Gasteiger partial charge in [-0.15, -0.1) is 0 Å². The Morgan fingerprint density at radius 1 is 1.18 bits per heavy atom. The molecule has 112 valence electrons. The molecular formula is C17H14O5. The molecule has 0 spiro atoms. The summed E-state index contributed by atoms with van der Waals surface area (Å²) in [6.07, 6.45) is 0.785. The van der Waals surface area contributed by atoms with E-state index in [2.05, 4.69) is 4.74 Å². The summed E-state index contributed by atoms with van der Waals surface area (Å²) in [5.41, 5.74) is 0.313. The third-order valence-corrected chi connectivity index (χ3v) is 3.87. The molecular weight excluding hydrogens is 284 g/mol. The predicted octanol–water partition coefficient (Wildman–Crippen LogP) is 2.34. The van der Waals surface area contributed by atoms with Gasteiger partial charge in [0.25, 0.3) is 0 Å². The minimum atomic E-state index is -0.797. The van der Waals surface area contributed by atoms with Gasteiger partial charge in [-0.2, -0.15) is 0 Å². The van der Waals surface area contributed by atoms with Gasteiger partial charge in [-0.05, 0) is 17.5 Å². The van der Waals surface area contributed by atoms with E-state index in [4.69, 9.17) is 4.42 Å². The normalized spacial score (nSPS) is 17.0. The first-order chi connectivity index (χ1) is 10.6. The molecule has 0 N–H and O–H groups in total. The van der Waals surface area contributed by atoms with E-state index in [1.807, 2.05) is 30.3 Å². The van der Waals surface area contributed by atoms with Crippen LogP contribution in [0.15, 0.2) is 45.6 Å². The number of carbonyl (C=O) groups is 2. The number of esters is 1. The highest BCUT2D eigenvalue weighted by atomic mass is 16.5. The number of fused-ring (bicyclic) bond motifs is 1. The van der Waals surface area contributed by atoms with Crippen molar-refractivity contribution in [3.05, 3.63) is 69.3 Å². The first-order valence-corrected chi connectivity index (χ1v) is 6.93. The minimum Gasteiger partial charge on any atom is -0.465 e. The summed E-state index contributed by atoms with van der Waals surface area (Å²) in [4.78, 5) is 35.7. The molecule has 0 amide bonds. The molecule has 22 heavy (non-hydrogen) atoms. The number of methoxy groups -OCH3 is 1. The van der Waals surface area contributed by atoms with Crippen LogP contribution in [0.1, 0.15) is 44.4 Å². The smallest absolute Gasteiger partial charge is 0.350 e. The zero-order chi connectivity index (χ0) is 15.7. The topological polar surface area (TPSA) is 73.6 Å². The van der Waals surface area contributed by atoms with Crippen LogP contribution < -0.4 is 5.63 Å². The molecule has 1 aromatic heterocycles. The van der Waals surface area contributed by atoms with Crippen molar-refractivity contribution in [1.82, 2.24) is 0 Å². The number of rotatable bonds is 2. The lowest BCUT2D eigenvalue weighted by atomic mass is 9.82. The van der Waals surface area contributed by atoms with Crippen LogP contribution in [0.3, 0.4) is 0 Å². The Kier molecular flexibility index (Phi) is 3.63. The van der Waals surface area contributed by atoms with Crippen LogP contribution in [-0.4, -0.2) is 18.9 Å². The molecule has 0 radical (unpaired) electrons. The van der Waals surface area contributed by atoms with Gasteiger partial charge in [-0.3, -0.25) is 4.79 Å². The van der Waals surface area contributed by atoms with Gasteiger partial charge in [0.15, 0.2) is 5.78 Å². The summed E-state index contributed by atoms with van der Waals surface area (Å²) in [5, 5.41) is 0. The Hall–Kier alpha value is -2.69. The van der Waals surface area contributed by atoms with Crippen LogP contribution in [0.5, 0.6) is 0 Å². The SMILES string of the molecule is COC(=O)c1cc2c(oc1=O)CC(c1ccccc1)CC2=O. The highest BCUT2D eigenvalue weighted by Crippen LogP contribution is 2.32. The summed E-state index contributed by atoms with van der Waals surface area (Å²) in [7, 11) is 1.18. The Morgan fingerprint density at radius 2 is 1.91 bits per heavy atom. The van der Waals surface area contributed by atoms with Crippen molar-refractivity contribution in [2.24, 2.45) is 0 Å². The van der Waals surface area contributed by atoms with Crippen LogP contribution >= 0.6 is 0 Å². The number of ketones is 1. The zero-order valence-electron chi connectivity index (χ0n) is 12.0. The summed E-state index contributed by atoms with van der Waals surface area (Å²) in [6.45, 7) is 0. The van der Waals surface area contributed by atoms with E-state index in [-0.39, 0.29) is 17.3 Å². The van der Waals surface area contributed by atoms with Crippen LogP contribution in [0.2, 0.25) is 0 Å². The van der Waals surface area contributed by atoms with Crippen LogP contribution in [0.25, 0.3) is 0 Å². The minimum absolute atomic E-state index is 0.0201. The van der Waals surface area contributed by atoms with Crippen LogP contribution in [0, 0.1) is 0 Å². The van der Waals surface area contributed by atoms with E-state index in [9.17, 15) is 14.4 Å². The highest BCUT2D eigenvalue weighted by Gasteiger charge is 2.30.